The van der Waals surface area contributed by atoms with Gasteiger partial charge in [0.1, 0.15) is 5.75 Å². The predicted octanol–water partition coefficient (Wildman–Crippen LogP) is 1.79. The van der Waals surface area contributed by atoms with Crippen LogP contribution < -0.4 is 15.4 Å². The first-order valence-electron chi connectivity index (χ1n) is 6.73. The molecule has 0 heterocycles. The lowest BCUT2D eigenvalue weighted by atomic mass is 10.1. The molecule has 0 bridgehead atoms. The summed E-state index contributed by atoms with van der Waals surface area (Å²) in [5.74, 6) is -0.463. The Morgan fingerprint density at radius 2 is 1.65 bits per heavy atom. The maximum absolute atomic E-state index is 11.8. The average molecular weight is 278 g/mol. The Morgan fingerprint density at radius 3 is 2.15 bits per heavy atom. The van der Waals surface area contributed by atoms with Gasteiger partial charge < -0.3 is 15.4 Å². The summed E-state index contributed by atoms with van der Waals surface area (Å²) in [6.07, 6.45) is 0.785. The van der Waals surface area contributed by atoms with Crippen molar-refractivity contribution in [1.82, 2.24) is 10.6 Å². The summed E-state index contributed by atoms with van der Waals surface area (Å²) in [6, 6.07) is 7.10. The minimum Gasteiger partial charge on any atom is -0.497 e. The van der Waals surface area contributed by atoms with Crippen molar-refractivity contribution < 1.29 is 14.3 Å². The van der Waals surface area contributed by atoms with Crippen LogP contribution in [-0.4, -0.2) is 25.0 Å². The van der Waals surface area contributed by atoms with Crippen molar-refractivity contribution in [1.29, 1.82) is 0 Å². The van der Waals surface area contributed by atoms with E-state index in [0.29, 0.717) is 0 Å². The van der Waals surface area contributed by atoms with Gasteiger partial charge in [-0.25, -0.2) is 0 Å². The molecule has 1 aromatic carbocycles. The molecule has 0 saturated carbocycles. The van der Waals surface area contributed by atoms with Crippen molar-refractivity contribution in [3.05, 3.63) is 29.8 Å². The Hall–Kier alpha value is -2.04. The van der Waals surface area contributed by atoms with E-state index in [1.165, 1.54) is 0 Å². The Labute approximate surface area is 119 Å². The van der Waals surface area contributed by atoms with E-state index in [4.69, 9.17) is 4.74 Å². The van der Waals surface area contributed by atoms with E-state index in [-0.39, 0.29) is 12.1 Å². The third kappa shape index (κ3) is 4.57. The molecule has 5 nitrogen and oxygen atoms in total. The minimum absolute atomic E-state index is 0.00968. The van der Waals surface area contributed by atoms with E-state index in [1.807, 2.05) is 45.0 Å². The number of carbonyl (C=O) groups excluding carboxylic acids is 2. The molecule has 1 aromatic rings. The summed E-state index contributed by atoms with van der Waals surface area (Å²) in [7, 11) is 1.60. The Kier molecular flexibility index (Phi) is 6.03. The standard InChI is InChI=1S/C15H22N2O3/c1-5-10(2)16-14(18)15(19)17-11(3)12-6-8-13(20-4)9-7-12/h6-11H,5H2,1-4H3,(H,16,18)(H,17,19)/t10-,11-/m1/s1. The molecule has 0 spiro atoms. The van der Waals surface area contributed by atoms with Gasteiger partial charge in [0.25, 0.3) is 0 Å². The molecule has 5 heteroatoms. The molecule has 2 amide bonds. The molecule has 0 radical (unpaired) electrons. The van der Waals surface area contributed by atoms with Crippen LogP contribution >= 0.6 is 0 Å². The molecule has 2 N–H and O–H groups in total. The number of carbonyl (C=O) groups is 2. The van der Waals surface area contributed by atoms with Crippen molar-refractivity contribution >= 4 is 11.8 Å². The van der Waals surface area contributed by atoms with Crippen molar-refractivity contribution in [2.75, 3.05) is 7.11 Å². The topological polar surface area (TPSA) is 67.4 Å². The summed E-state index contributed by atoms with van der Waals surface area (Å²) in [4.78, 5) is 23.4. The summed E-state index contributed by atoms with van der Waals surface area (Å²) in [6.45, 7) is 5.64. The lowest BCUT2D eigenvalue weighted by molar-refractivity contribution is -0.140. The highest BCUT2D eigenvalue weighted by Gasteiger charge is 2.18. The van der Waals surface area contributed by atoms with Crippen LogP contribution in [0.2, 0.25) is 0 Å². The highest BCUT2D eigenvalue weighted by atomic mass is 16.5. The van der Waals surface area contributed by atoms with Gasteiger partial charge in [-0.05, 0) is 38.0 Å². The third-order valence-electron chi connectivity index (χ3n) is 3.16. The van der Waals surface area contributed by atoms with Crippen LogP contribution in [0, 0.1) is 0 Å². The van der Waals surface area contributed by atoms with Crippen LogP contribution in [0.3, 0.4) is 0 Å². The zero-order chi connectivity index (χ0) is 15.1. The van der Waals surface area contributed by atoms with Gasteiger partial charge in [-0.2, -0.15) is 0 Å². The van der Waals surface area contributed by atoms with Crippen LogP contribution in [0.4, 0.5) is 0 Å². The molecular formula is C15H22N2O3. The van der Waals surface area contributed by atoms with Crippen molar-refractivity contribution in [2.45, 2.75) is 39.3 Å². The van der Waals surface area contributed by atoms with Gasteiger partial charge in [-0.3, -0.25) is 9.59 Å². The van der Waals surface area contributed by atoms with Crippen molar-refractivity contribution in [3.63, 3.8) is 0 Å². The first-order chi connectivity index (χ1) is 9.47. The highest BCUT2D eigenvalue weighted by molar-refractivity contribution is 6.35. The minimum atomic E-state index is -0.617. The third-order valence-corrected chi connectivity index (χ3v) is 3.16. The lowest BCUT2D eigenvalue weighted by Crippen LogP contribution is -2.44. The first-order valence-corrected chi connectivity index (χ1v) is 6.73. The second-order valence-corrected chi connectivity index (χ2v) is 4.75. The zero-order valence-electron chi connectivity index (χ0n) is 12.4. The van der Waals surface area contributed by atoms with Crippen LogP contribution in [0.5, 0.6) is 5.75 Å². The number of nitrogens with one attached hydrogen (secondary N) is 2. The summed E-state index contributed by atoms with van der Waals surface area (Å²) >= 11 is 0. The molecule has 20 heavy (non-hydrogen) atoms. The van der Waals surface area contributed by atoms with Crippen LogP contribution in [0.15, 0.2) is 24.3 Å². The fraction of sp³-hybridized carbons (Fsp3) is 0.467. The molecule has 110 valence electrons. The monoisotopic (exact) mass is 278 g/mol. The Morgan fingerprint density at radius 1 is 1.10 bits per heavy atom. The first kappa shape index (κ1) is 16.0. The number of hydrogen-bond acceptors (Lipinski definition) is 3. The normalized spacial score (nSPS) is 13.2. The fourth-order valence-electron chi connectivity index (χ4n) is 1.63. The summed E-state index contributed by atoms with van der Waals surface area (Å²) in [5.41, 5.74) is 0.912. The maximum Gasteiger partial charge on any atom is 0.309 e. The van der Waals surface area contributed by atoms with Gasteiger partial charge in [-0.1, -0.05) is 19.1 Å². The molecule has 0 aromatic heterocycles. The van der Waals surface area contributed by atoms with Gasteiger partial charge in [0, 0.05) is 6.04 Å². The molecular weight excluding hydrogens is 256 g/mol. The zero-order valence-corrected chi connectivity index (χ0v) is 12.4. The van der Waals surface area contributed by atoms with Gasteiger partial charge in [0.2, 0.25) is 0 Å². The average Bonchev–Trinajstić information content (AvgIpc) is 2.46. The molecule has 0 aliphatic heterocycles. The van der Waals surface area contributed by atoms with Crippen molar-refractivity contribution in [2.24, 2.45) is 0 Å². The number of rotatable bonds is 5. The molecule has 0 saturated heterocycles. The largest absolute Gasteiger partial charge is 0.497 e. The molecule has 0 unspecified atom stereocenters. The van der Waals surface area contributed by atoms with E-state index >= 15 is 0 Å². The van der Waals surface area contributed by atoms with Crippen LogP contribution in [-0.2, 0) is 9.59 Å². The molecule has 0 aliphatic carbocycles. The molecule has 0 fully saturated rings. The van der Waals surface area contributed by atoms with E-state index < -0.39 is 11.8 Å². The second-order valence-electron chi connectivity index (χ2n) is 4.75. The van der Waals surface area contributed by atoms with Gasteiger partial charge >= 0.3 is 11.8 Å². The number of methoxy groups -OCH3 is 1. The van der Waals surface area contributed by atoms with Gasteiger partial charge in [0.15, 0.2) is 0 Å². The number of amides is 2. The molecule has 0 aliphatic rings. The SMILES string of the molecule is CC[C@@H](C)NC(=O)C(=O)N[C@H](C)c1ccc(OC)cc1. The van der Waals surface area contributed by atoms with Crippen LogP contribution in [0.1, 0.15) is 38.8 Å². The predicted molar refractivity (Wildman–Crippen MR) is 77.4 cm³/mol. The summed E-state index contributed by atoms with van der Waals surface area (Å²) < 4.78 is 5.07. The van der Waals surface area contributed by atoms with E-state index in [0.717, 1.165) is 17.7 Å². The quantitative estimate of drug-likeness (QED) is 0.807. The van der Waals surface area contributed by atoms with Crippen molar-refractivity contribution in [3.8, 4) is 5.75 Å². The number of ether oxygens (including phenoxy) is 1. The fourth-order valence-corrected chi connectivity index (χ4v) is 1.63. The maximum atomic E-state index is 11.8. The molecule has 2 atom stereocenters. The lowest BCUT2D eigenvalue weighted by Gasteiger charge is -2.16. The van der Waals surface area contributed by atoms with Gasteiger partial charge in [-0.15, -0.1) is 0 Å². The smallest absolute Gasteiger partial charge is 0.309 e. The van der Waals surface area contributed by atoms with Crippen LogP contribution in [0.25, 0.3) is 0 Å². The van der Waals surface area contributed by atoms with Gasteiger partial charge in [0.05, 0.1) is 13.2 Å². The Bertz CT molecular complexity index is 457. The number of hydrogen-bond donors (Lipinski definition) is 2. The molecule has 1 rings (SSSR count). The van der Waals surface area contributed by atoms with E-state index in [9.17, 15) is 9.59 Å². The summed E-state index contributed by atoms with van der Waals surface area (Å²) in [5, 5.41) is 5.30. The second kappa shape index (κ2) is 7.53. The Balaban J connectivity index is 2.58. The number of benzene rings is 1. The van der Waals surface area contributed by atoms with E-state index in [1.54, 1.807) is 7.11 Å². The highest BCUT2D eigenvalue weighted by Crippen LogP contribution is 2.17. The van der Waals surface area contributed by atoms with E-state index in [2.05, 4.69) is 10.6 Å².